The average molecular weight is 276 g/mol. The van der Waals surface area contributed by atoms with E-state index in [0.717, 1.165) is 29.6 Å². The summed E-state index contributed by atoms with van der Waals surface area (Å²) in [5.74, 6) is 1.08. The number of hydrogen-bond donors (Lipinski definition) is 1. The summed E-state index contributed by atoms with van der Waals surface area (Å²) in [6.45, 7) is 1.41. The van der Waals surface area contributed by atoms with Gasteiger partial charge in [0.1, 0.15) is 5.82 Å². The van der Waals surface area contributed by atoms with Gasteiger partial charge in [-0.15, -0.1) is 10.2 Å². The minimum Gasteiger partial charge on any atom is -0.325 e. The van der Waals surface area contributed by atoms with Crippen LogP contribution in [0.1, 0.15) is 30.8 Å². The Labute approximate surface area is 115 Å². The lowest BCUT2D eigenvalue weighted by Crippen LogP contribution is -2.04. The maximum Gasteiger partial charge on any atom is 0.199 e. The number of aryl methyl sites for hydroxylation is 1. The van der Waals surface area contributed by atoms with Crippen LogP contribution in [-0.4, -0.2) is 24.7 Å². The summed E-state index contributed by atoms with van der Waals surface area (Å²) >= 11 is 1.46. The number of nitrogens with two attached hydrogens (primary N) is 1. The zero-order valence-corrected chi connectivity index (χ0v) is 11.4. The molecule has 0 aromatic carbocycles. The van der Waals surface area contributed by atoms with Gasteiger partial charge in [0, 0.05) is 25.7 Å². The molecule has 1 aliphatic heterocycles. The Morgan fingerprint density at radius 3 is 3.11 bits per heavy atom. The second-order valence-corrected chi connectivity index (χ2v) is 5.43. The van der Waals surface area contributed by atoms with Crippen molar-refractivity contribution in [3.63, 3.8) is 0 Å². The SMILES string of the molecule is NCc1ccnc(Sc2nnc3n2CCCCC3)n1. The van der Waals surface area contributed by atoms with Crippen molar-refractivity contribution in [2.75, 3.05) is 0 Å². The van der Waals surface area contributed by atoms with Gasteiger partial charge in [0.05, 0.1) is 5.69 Å². The Morgan fingerprint density at radius 2 is 2.21 bits per heavy atom. The van der Waals surface area contributed by atoms with E-state index in [2.05, 4.69) is 24.7 Å². The topological polar surface area (TPSA) is 82.5 Å². The Kier molecular flexibility index (Phi) is 3.74. The summed E-state index contributed by atoms with van der Waals surface area (Å²) in [5.41, 5.74) is 6.43. The van der Waals surface area contributed by atoms with Gasteiger partial charge in [-0.25, -0.2) is 9.97 Å². The van der Waals surface area contributed by atoms with Crippen LogP contribution in [0.4, 0.5) is 0 Å². The van der Waals surface area contributed by atoms with E-state index in [1.807, 2.05) is 6.07 Å². The van der Waals surface area contributed by atoms with Crippen LogP contribution >= 0.6 is 11.8 Å². The van der Waals surface area contributed by atoms with Gasteiger partial charge in [0.2, 0.25) is 0 Å². The minimum atomic E-state index is 0.425. The first-order valence-electron chi connectivity index (χ1n) is 6.49. The van der Waals surface area contributed by atoms with E-state index in [1.54, 1.807) is 6.20 Å². The molecule has 6 nitrogen and oxygen atoms in total. The van der Waals surface area contributed by atoms with Crippen LogP contribution in [0.3, 0.4) is 0 Å². The lowest BCUT2D eigenvalue weighted by atomic mass is 10.2. The third kappa shape index (κ3) is 2.76. The molecule has 2 N–H and O–H groups in total. The van der Waals surface area contributed by atoms with Gasteiger partial charge in [0.25, 0.3) is 0 Å². The Morgan fingerprint density at radius 1 is 1.26 bits per heavy atom. The molecule has 2 aromatic heterocycles. The van der Waals surface area contributed by atoms with Crippen molar-refractivity contribution in [1.29, 1.82) is 0 Å². The number of fused-ring (bicyclic) bond motifs is 1. The standard InChI is InChI=1S/C12H16N6S/c13-8-9-5-6-14-11(15-9)19-12-17-16-10-4-2-1-3-7-18(10)12/h5-6H,1-4,7-8,13H2. The highest BCUT2D eigenvalue weighted by Crippen LogP contribution is 2.25. The molecular formula is C12H16N6S. The monoisotopic (exact) mass is 276 g/mol. The molecule has 3 heterocycles. The predicted octanol–water partition coefficient (Wildman–Crippen LogP) is 1.40. The van der Waals surface area contributed by atoms with Crippen LogP contribution in [0.15, 0.2) is 22.6 Å². The molecule has 0 saturated heterocycles. The second kappa shape index (κ2) is 5.66. The highest BCUT2D eigenvalue weighted by molar-refractivity contribution is 7.99. The van der Waals surface area contributed by atoms with Crippen molar-refractivity contribution in [3.8, 4) is 0 Å². The molecule has 3 rings (SSSR count). The first-order valence-corrected chi connectivity index (χ1v) is 7.30. The van der Waals surface area contributed by atoms with Crippen molar-refractivity contribution in [1.82, 2.24) is 24.7 Å². The van der Waals surface area contributed by atoms with E-state index >= 15 is 0 Å². The lowest BCUT2D eigenvalue weighted by Gasteiger charge is -2.05. The molecule has 100 valence electrons. The van der Waals surface area contributed by atoms with Crippen molar-refractivity contribution in [2.45, 2.75) is 49.1 Å². The van der Waals surface area contributed by atoms with Gasteiger partial charge < -0.3 is 10.3 Å². The zero-order valence-electron chi connectivity index (χ0n) is 10.6. The molecular weight excluding hydrogens is 260 g/mol. The Bertz CT molecular complexity index is 567. The van der Waals surface area contributed by atoms with Gasteiger partial charge in [-0.3, -0.25) is 0 Å². The fourth-order valence-corrected chi connectivity index (χ4v) is 2.98. The maximum atomic E-state index is 5.59. The summed E-state index contributed by atoms with van der Waals surface area (Å²) in [4.78, 5) is 8.63. The Hall–Kier alpha value is -1.47. The van der Waals surface area contributed by atoms with E-state index < -0.39 is 0 Å². The van der Waals surface area contributed by atoms with Crippen LogP contribution < -0.4 is 5.73 Å². The summed E-state index contributed by atoms with van der Waals surface area (Å²) < 4.78 is 2.19. The molecule has 0 fully saturated rings. The van der Waals surface area contributed by atoms with Crippen LogP contribution in [-0.2, 0) is 19.5 Å². The minimum absolute atomic E-state index is 0.425. The maximum absolute atomic E-state index is 5.59. The molecule has 0 bridgehead atoms. The van der Waals surface area contributed by atoms with Crippen molar-refractivity contribution >= 4 is 11.8 Å². The van der Waals surface area contributed by atoms with E-state index in [-0.39, 0.29) is 0 Å². The first kappa shape index (κ1) is 12.6. The van der Waals surface area contributed by atoms with Gasteiger partial charge >= 0.3 is 0 Å². The molecule has 0 unspecified atom stereocenters. The number of hydrogen-bond acceptors (Lipinski definition) is 6. The second-order valence-electron chi connectivity index (χ2n) is 4.50. The first-order chi connectivity index (χ1) is 9.36. The molecule has 0 amide bonds. The van der Waals surface area contributed by atoms with Crippen LogP contribution in [0, 0.1) is 0 Å². The quantitative estimate of drug-likeness (QED) is 0.853. The van der Waals surface area contributed by atoms with Crippen LogP contribution in [0.25, 0.3) is 0 Å². The zero-order chi connectivity index (χ0) is 13.1. The molecule has 2 aromatic rings. The largest absolute Gasteiger partial charge is 0.325 e. The molecule has 7 heteroatoms. The van der Waals surface area contributed by atoms with E-state index in [4.69, 9.17) is 5.73 Å². The number of rotatable bonds is 3. The summed E-state index contributed by atoms with van der Waals surface area (Å²) in [7, 11) is 0. The van der Waals surface area contributed by atoms with Gasteiger partial charge in [-0.05, 0) is 30.7 Å². The summed E-state index contributed by atoms with van der Waals surface area (Å²) in [6, 6.07) is 1.83. The molecule has 0 atom stereocenters. The van der Waals surface area contributed by atoms with E-state index in [0.29, 0.717) is 11.7 Å². The molecule has 0 saturated carbocycles. The smallest absolute Gasteiger partial charge is 0.199 e. The molecule has 19 heavy (non-hydrogen) atoms. The fraction of sp³-hybridized carbons (Fsp3) is 0.500. The average Bonchev–Trinajstić information content (AvgIpc) is 2.68. The predicted molar refractivity (Wildman–Crippen MR) is 71.6 cm³/mol. The van der Waals surface area contributed by atoms with E-state index in [1.165, 1.54) is 31.0 Å². The van der Waals surface area contributed by atoms with Crippen LogP contribution in [0.2, 0.25) is 0 Å². The van der Waals surface area contributed by atoms with Crippen LogP contribution in [0.5, 0.6) is 0 Å². The summed E-state index contributed by atoms with van der Waals surface area (Å²) in [5, 5.41) is 10.1. The highest BCUT2D eigenvalue weighted by Gasteiger charge is 2.16. The van der Waals surface area contributed by atoms with Gasteiger partial charge in [0.15, 0.2) is 10.3 Å². The van der Waals surface area contributed by atoms with Gasteiger partial charge in [-0.2, -0.15) is 0 Å². The Balaban J connectivity index is 1.84. The normalized spacial score (nSPS) is 15.0. The van der Waals surface area contributed by atoms with Gasteiger partial charge in [-0.1, -0.05) is 6.42 Å². The van der Waals surface area contributed by atoms with E-state index in [9.17, 15) is 0 Å². The van der Waals surface area contributed by atoms with Crippen molar-refractivity contribution < 1.29 is 0 Å². The summed E-state index contributed by atoms with van der Waals surface area (Å²) in [6.07, 6.45) is 6.38. The number of nitrogens with zero attached hydrogens (tertiary/aromatic N) is 5. The third-order valence-corrected chi connectivity index (χ3v) is 4.02. The fourth-order valence-electron chi connectivity index (χ4n) is 2.15. The van der Waals surface area contributed by atoms with Crippen molar-refractivity contribution in [3.05, 3.63) is 23.8 Å². The molecule has 1 aliphatic rings. The third-order valence-electron chi connectivity index (χ3n) is 3.16. The molecule has 0 radical (unpaired) electrons. The highest BCUT2D eigenvalue weighted by atomic mass is 32.2. The van der Waals surface area contributed by atoms with Crippen molar-refractivity contribution in [2.24, 2.45) is 5.73 Å². The lowest BCUT2D eigenvalue weighted by molar-refractivity contribution is 0.590. The number of aromatic nitrogens is 5. The molecule has 0 spiro atoms. The molecule has 0 aliphatic carbocycles.